The lowest BCUT2D eigenvalue weighted by atomic mass is 9.58. The Morgan fingerprint density at radius 1 is 1.11 bits per heavy atom. The molecule has 2 fully saturated rings. The Morgan fingerprint density at radius 2 is 1.77 bits per heavy atom. The minimum absolute atomic E-state index is 0.0177. The van der Waals surface area contributed by atoms with Gasteiger partial charge < -0.3 is 26.2 Å². The van der Waals surface area contributed by atoms with E-state index < -0.39 is 58.0 Å². The SMILES string of the molecule is CN(C)[C@@H]1C(O)=C(C(N)=O)C(=O)[C@@]2(O)C(O)=C3C(=O)c4c(O)cc(CN(C)[C@@H]5CC6CCC5(C)C6(C)C)c(Cl)c4C[C@H]3C[C@@H]12. The molecule has 2 unspecified atom stereocenters. The van der Waals surface area contributed by atoms with Gasteiger partial charge in [-0.1, -0.05) is 32.4 Å². The second kappa shape index (κ2) is 9.79. The first-order valence-corrected chi connectivity index (χ1v) is 15.7. The predicted octanol–water partition coefficient (Wildman–Crippen LogP) is 3.42. The summed E-state index contributed by atoms with van der Waals surface area (Å²) in [5, 5.41) is 45.8. The number of Topliss-reactive ketones (excluding diaryl/α,β-unsaturated/α-hetero) is 2. The van der Waals surface area contributed by atoms with E-state index in [-0.39, 0.29) is 40.6 Å². The number of nitrogens with two attached hydrogens (primary N) is 1. The average molecular weight is 628 g/mol. The Kier molecular flexibility index (Phi) is 6.91. The van der Waals surface area contributed by atoms with Gasteiger partial charge in [0.05, 0.1) is 11.6 Å². The molecule has 44 heavy (non-hydrogen) atoms. The standard InChI is InChI=1S/C33H42ClN3O7/c1-31(2)16-7-8-32(31,3)20(12-16)37(6)13-15-11-19(38)22-17(24(15)34)9-14-10-18-25(36(4)5)27(40)23(30(35)43)29(42)33(18,44)28(41)21(14)26(22)39/h11,14,16,18,20,25,38,40-41,44H,7-10,12-13H2,1-6H3,(H2,35,43)/t14-,16?,18-,20+,25-,32?,33-/m0/s1. The van der Waals surface area contributed by atoms with Gasteiger partial charge in [-0.05, 0) is 93.1 Å². The Morgan fingerprint density at radius 3 is 2.32 bits per heavy atom. The third-order valence-corrected chi connectivity index (χ3v) is 12.9. The van der Waals surface area contributed by atoms with Crippen LogP contribution in [0.5, 0.6) is 5.75 Å². The number of benzene rings is 1. The highest BCUT2D eigenvalue weighted by molar-refractivity contribution is 6.33. The molecule has 6 rings (SSSR count). The molecule has 11 heteroatoms. The molecular formula is C33H42ClN3O7. The van der Waals surface area contributed by atoms with E-state index in [1.807, 2.05) is 0 Å². The van der Waals surface area contributed by atoms with Crippen LogP contribution in [-0.2, 0) is 22.6 Å². The maximum absolute atomic E-state index is 14.0. The van der Waals surface area contributed by atoms with Crippen molar-refractivity contribution in [1.29, 1.82) is 0 Å². The van der Waals surface area contributed by atoms with Crippen LogP contribution in [0.3, 0.4) is 0 Å². The summed E-state index contributed by atoms with van der Waals surface area (Å²) in [6.07, 6.45) is 3.66. The number of carbonyl (C=O) groups is 3. The summed E-state index contributed by atoms with van der Waals surface area (Å²) in [6, 6.07) is 0.790. The van der Waals surface area contributed by atoms with E-state index >= 15 is 0 Å². The number of aliphatic hydroxyl groups is 3. The number of phenolic OH excluding ortho intramolecular Hbond substituents is 1. The van der Waals surface area contributed by atoms with Crippen molar-refractivity contribution in [1.82, 2.24) is 9.80 Å². The molecule has 0 saturated heterocycles. The van der Waals surface area contributed by atoms with E-state index in [2.05, 4.69) is 32.7 Å². The maximum atomic E-state index is 14.0. The maximum Gasteiger partial charge on any atom is 0.255 e. The van der Waals surface area contributed by atoms with Crippen LogP contribution >= 0.6 is 11.6 Å². The van der Waals surface area contributed by atoms with Gasteiger partial charge in [-0.25, -0.2) is 0 Å². The number of hydrogen-bond acceptors (Lipinski definition) is 9. The van der Waals surface area contributed by atoms with E-state index in [1.165, 1.54) is 17.4 Å². The van der Waals surface area contributed by atoms with Crippen LogP contribution in [0.25, 0.3) is 0 Å². The number of amides is 1. The van der Waals surface area contributed by atoms with Crippen LogP contribution in [0.2, 0.25) is 5.02 Å². The monoisotopic (exact) mass is 627 g/mol. The molecule has 10 nitrogen and oxygen atoms in total. The zero-order valence-electron chi connectivity index (χ0n) is 26.1. The van der Waals surface area contributed by atoms with E-state index in [9.17, 15) is 34.8 Å². The minimum Gasteiger partial charge on any atom is -0.510 e. The van der Waals surface area contributed by atoms with Crippen LogP contribution in [-0.4, -0.2) is 86.5 Å². The lowest BCUT2D eigenvalue weighted by Crippen LogP contribution is -2.63. The summed E-state index contributed by atoms with van der Waals surface area (Å²) in [5.41, 5.74) is 3.15. The van der Waals surface area contributed by atoms with Crippen molar-refractivity contribution in [3.05, 3.63) is 50.4 Å². The van der Waals surface area contributed by atoms with E-state index in [0.29, 0.717) is 34.7 Å². The van der Waals surface area contributed by atoms with Gasteiger partial charge in [0.2, 0.25) is 5.78 Å². The number of phenols is 1. The summed E-state index contributed by atoms with van der Waals surface area (Å²) in [6.45, 7) is 7.56. The Balaban J connectivity index is 1.39. The lowest BCUT2D eigenvalue weighted by molar-refractivity contribution is -0.148. The third kappa shape index (κ3) is 3.80. The van der Waals surface area contributed by atoms with E-state index in [4.69, 9.17) is 17.3 Å². The smallest absolute Gasteiger partial charge is 0.255 e. The average Bonchev–Trinajstić information content (AvgIpc) is 3.27. The molecule has 0 heterocycles. The van der Waals surface area contributed by atoms with Crippen molar-refractivity contribution in [3.63, 3.8) is 0 Å². The van der Waals surface area contributed by atoms with Gasteiger partial charge in [-0.3, -0.25) is 24.2 Å². The molecular weight excluding hydrogens is 586 g/mol. The first-order valence-electron chi connectivity index (χ1n) is 15.3. The second-order valence-electron chi connectivity index (χ2n) is 14.7. The first kappa shape index (κ1) is 31.1. The van der Waals surface area contributed by atoms with Gasteiger partial charge in [-0.15, -0.1) is 0 Å². The summed E-state index contributed by atoms with van der Waals surface area (Å²) in [5.74, 6) is -6.13. The van der Waals surface area contributed by atoms with E-state index in [1.54, 1.807) is 14.1 Å². The quantitative estimate of drug-likeness (QED) is 0.308. The summed E-state index contributed by atoms with van der Waals surface area (Å²) >= 11 is 7.02. The molecule has 5 aliphatic rings. The largest absolute Gasteiger partial charge is 0.510 e. The number of ketones is 2. The van der Waals surface area contributed by atoms with Gasteiger partial charge in [0.15, 0.2) is 11.4 Å². The molecule has 1 aromatic rings. The van der Waals surface area contributed by atoms with Crippen molar-refractivity contribution < 1.29 is 34.8 Å². The minimum atomic E-state index is -2.67. The van der Waals surface area contributed by atoms with Crippen LogP contribution in [0, 0.1) is 28.6 Å². The van der Waals surface area contributed by atoms with Gasteiger partial charge in [0, 0.05) is 29.1 Å². The molecule has 0 aromatic heterocycles. The van der Waals surface area contributed by atoms with Crippen LogP contribution in [0.1, 0.15) is 67.9 Å². The number of nitrogens with zero attached hydrogens (tertiary/aromatic N) is 2. The summed E-state index contributed by atoms with van der Waals surface area (Å²) in [7, 11) is 5.28. The summed E-state index contributed by atoms with van der Waals surface area (Å²) in [4.78, 5) is 43.4. The topological polar surface area (TPSA) is 165 Å². The van der Waals surface area contributed by atoms with E-state index in [0.717, 1.165) is 12.8 Å². The molecule has 1 aromatic carbocycles. The highest BCUT2D eigenvalue weighted by Gasteiger charge is 2.64. The van der Waals surface area contributed by atoms with Crippen molar-refractivity contribution in [2.24, 2.45) is 34.3 Å². The second-order valence-corrected chi connectivity index (χ2v) is 15.1. The molecule has 2 bridgehead atoms. The number of likely N-dealkylation sites (N-methyl/N-ethyl adjacent to an activating group) is 1. The number of aliphatic hydroxyl groups excluding tert-OH is 2. The Labute approximate surface area is 262 Å². The molecule has 0 spiro atoms. The summed E-state index contributed by atoms with van der Waals surface area (Å²) < 4.78 is 0. The zero-order valence-corrected chi connectivity index (χ0v) is 26.8. The van der Waals surface area contributed by atoms with Crippen molar-refractivity contribution >= 4 is 29.1 Å². The fourth-order valence-electron chi connectivity index (χ4n) is 9.68. The molecule has 6 N–H and O–H groups in total. The highest BCUT2D eigenvalue weighted by atomic mass is 35.5. The molecule has 2 saturated carbocycles. The van der Waals surface area contributed by atoms with Crippen molar-refractivity contribution in [2.45, 2.75) is 77.1 Å². The van der Waals surface area contributed by atoms with Gasteiger partial charge in [0.25, 0.3) is 5.91 Å². The number of rotatable bonds is 5. The van der Waals surface area contributed by atoms with Gasteiger partial charge >= 0.3 is 0 Å². The number of carbonyl (C=O) groups excluding carboxylic acids is 3. The van der Waals surface area contributed by atoms with Crippen LogP contribution in [0.15, 0.2) is 28.7 Å². The van der Waals surface area contributed by atoms with Gasteiger partial charge in [-0.2, -0.15) is 0 Å². The normalized spacial score (nSPS) is 35.8. The fourth-order valence-corrected chi connectivity index (χ4v) is 9.96. The number of halogens is 1. The zero-order chi connectivity index (χ0) is 32.4. The fraction of sp³-hybridized carbons (Fsp3) is 0.606. The van der Waals surface area contributed by atoms with Gasteiger partial charge in [0.1, 0.15) is 22.8 Å². The molecule has 238 valence electrons. The van der Waals surface area contributed by atoms with Crippen LogP contribution in [0.4, 0.5) is 0 Å². The molecule has 7 atom stereocenters. The first-order chi connectivity index (χ1) is 20.4. The number of fused-ring (bicyclic) bond motifs is 5. The van der Waals surface area contributed by atoms with Crippen molar-refractivity contribution in [3.8, 4) is 5.75 Å². The number of aromatic hydroxyl groups is 1. The molecule has 0 aliphatic heterocycles. The third-order valence-electron chi connectivity index (χ3n) is 12.4. The number of primary amides is 1. The molecule has 1 amide bonds. The highest BCUT2D eigenvalue weighted by Crippen LogP contribution is 2.66. The number of hydrogen-bond donors (Lipinski definition) is 5. The van der Waals surface area contributed by atoms with Crippen molar-refractivity contribution in [2.75, 3.05) is 21.1 Å². The lowest BCUT2D eigenvalue weighted by Gasteiger charge is -2.50. The molecule has 5 aliphatic carbocycles. The Hall–Kier alpha value is -2.92. The number of allylic oxidation sites excluding steroid dienone is 1. The van der Waals surface area contributed by atoms with Crippen LogP contribution < -0.4 is 5.73 Å². The predicted molar refractivity (Wildman–Crippen MR) is 163 cm³/mol. The Bertz CT molecular complexity index is 1580. The molecule has 0 radical (unpaired) electrons.